The Kier molecular flexibility index (Phi) is 4.47. The number of aromatic nitrogens is 4. The fourth-order valence-electron chi connectivity index (χ4n) is 2.89. The summed E-state index contributed by atoms with van der Waals surface area (Å²) in [5.41, 5.74) is 8.75. The standard InChI is InChI=1S/C16H21N5S/c1-3-11-5-7-12(8-6-11)13-14(17)21(20-15(13)22-2)16-18-9-4-10-19-16/h4,7,9-11H,3,5-6,8,17H2,1-2H3. The molecule has 0 amide bonds. The van der Waals surface area contributed by atoms with Gasteiger partial charge in [0.2, 0.25) is 0 Å². The van der Waals surface area contributed by atoms with Gasteiger partial charge in [-0.2, -0.15) is 9.78 Å². The molecular formula is C16H21N5S. The van der Waals surface area contributed by atoms with Gasteiger partial charge in [0.15, 0.2) is 0 Å². The molecule has 2 N–H and O–H groups in total. The predicted molar refractivity (Wildman–Crippen MR) is 91.0 cm³/mol. The van der Waals surface area contributed by atoms with Crippen molar-refractivity contribution in [3.05, 3.63) is 30.1 Å². The van der Waals surface area contributed by atoms with Gasteiger partial charge in [-0.15, -0.1) is 11.8 Å². The zero-order valence-electron chi connectivity index (χ0n) is 13.0. The fourth-order valence-corrected chi connectivity index (χ4v) is 3.50. The third kappa shape index (κ3) is 2.75. The second-order valence-corrected chi connectivity index (χ2v) is 6.30. The van der Waals surface area contributed by atoms with Crippen molar-refractivity contribution < 1.29 is 0 Å². The van der Waals surface area contributed by atoms with E-state index in [0.29, 0.717) is 11.8 Å². The Morgan fingerprint density at radius 3 is 2.73 bits per heavy atom. The first-order valence-corrected chi connectivity index (χ1v) is 8.86. The lowest BCUT2D eigenvalue weighted by Crippen LogP contribution is -2.08. The summed E-state index contributed by atoms with van der Waals surface area (Å²) in [6.45, 7) is 2.26. The van der Waals surface area contributed by atoms with Crippen molar-refractivity contribution in [3.63, 3.8) is 0 Å². The van der Waals surface area contributed by atoms with E-state index in [4.69, 9.17) is 5.73 Å². The Morgan fingerprint density at radius 2 is 2.14 bits per heavy atom. The van der Waals surface area contributed by atoms with E-state index in [-0.39, 0.29) is 0 Å². The van der Waals surface area contributed by atoms with Gasteiger partial charge < -0.3 is 5.73 Å². The van der Waals surface area contributed by atoms with Crippen LogP contribution in [-0.4, -0.2) is 26.0 Å². The minimum Gasteiger partial charge on any atom is -0.383 e. The third-order valence-corrected chi connectivity index (χ3v) is 4.91. The number of hydrogen-bond acceptors (Lipinski definition) is 5. The quantitative estimate of drug-likeness (QED) is 0.874. The Bertz CT molecular complexity index is 677. The summed E-state index contributed by atoms with van der Waals surface area (Å²) in [5.74, 6) is 1.95. The number of thioether (sulfide) groups is 1. The van der Waals surface area contributed by atoms with Gasteiger partial charge >= 0.3 is 0 Å². The topological polar surface area (TPSA) is 69.6 Å². The fraction of sp³-hybridized carbons (Fsp3) is 0.438. The summed E-state index contributed by atoms with van der Waals surface area (Å²) in [7, 11) is 0. The summed E-state index contributed by atoms with van der Waals surface area (Å²) >= 11 is 1.62. The van der Waals surface area contributed by atoms with Crippen LogP contribution in [0.15, 0.2) is 29.6 Å². The average Bonchev–Trinajstić information content (AvgIpc) is 2.92. The molecule has 0 spiro atoms. The second-order valence-electron chi connectivity index (χ2n) is 5.51. The Labute approximate surface area is 135 Å². The maximum absolute atomic E-state index is 6.38. The van der Waals surface area contributed by atoms with E-state index in [2.05, 4.69) is 28.1 Å². The molecule has 0 bridgehead atoms. The number of hydrogen-bond donors (Lipinski definition) is 1. The van der Waals surface area contributed by atoms with E-state index in [1.807, 2.05) is 6.26 Å². The zero-order valence-corrected chi connectivity index (χ0v) is 13.8. The lowest BCUT2D eigenvalue weighted by molar-refractivity contribution is 0.470. The summed E-state index contributed by atoms with van der Waals surface area (Å²) in [6.07, 6.45) is 12.4. The maximum atomic E-state index is 6.38. The minimum atomic E-state index is 0.518. The van der Waals surface area contributed by atoms with Gasteiger partial charge in [0.25, 0.3) is 5.95 Å². The highest BCUT2D eigenvalue weighted by molar-refractivity contribution is 7.98. The molecule has 0 radical (unpaired) electrons. The average molecular weight is 315 g/mol. The molecule has 0 saturated heterocycles. The largest absolute Gasteiger partial charge is 0.383 e. The molecule has 5 nitrogen and oxygen atoms in total. The SMILES string of the molecule is CCC1CC=C(c2c(SC)nn(-c3ncccn3)c2N)CC1. The number of nitrogen functional groups attached to an aromatic ring is 1. The molecular weight excluding hydrogens is 294 g/mol. The van der Waals surface area contributed by atoms with E-state index in [1.54, 1.807) is 34.9 Å². The van der Waals surface area contributed by atoms with Crippen LogP contribution < -0.4 is 5.73 Å². The maximum Gasteiger partial charge on any atom is 0.252 e. The van der Waals surface area contributed by atoms with E-state index in [1.165, 1.54) is 18.4 Å². The molecule has 2 aromatic rings. The van der Waals surface area contributed by atoms with Crippen LogP contribution in [-0.2, 0) is 0 Å². The molecule has 22 heavy (non-hydrogen) atoms. The summed E-state index contributed by atoms with van der Waals surface area (Å²) in [4.78, 5) is 8.50. The van der Waals surface area contributed by atoms with Crippen molar-refractivity contribution in [2.45, 2.75) is 37.6 Å². The van der Waals surface area contributed by atoms with E-state index in [9.17, 15) is 0 Å². The van der Waals surface area contributed by atoms with E-state index in [0.717, 1.165) is 29.3 Å². The van der Waals surface area contributed by atoms with E-state index >= 15 is 0 Å². The third-order valence-electron chi connectivity index (χ3n) is 4.24. The van der Waals surface area contributed by atoms with Crippen molar-refractivity contribution in [1.82, 2.24) is 19.7 Å². The van der Waals surface area contributed by atoms with E-state index < -0.39 is 0 Å². The van der Waals surface area contributed by atoms with Gasteiger partial charge in [0, 0.05) is 12.4 Å². The van der Waals surface area contributed by atoms with Gasteiger partial charge in [-0.3, -0.25) is 0 Å². The van der Waals surface area contributed by atoms with Gasteiger partial charge in [-0.25, -0.2) is 9.97 Å². The molecule has 3 rings (SSSR count). The molecule has 0 aromatic carbocycles. The second kappa shape index (κ2) is 6.52. The van der Waals surface area contributed by atoms with Crippen LogP contribution in [0.4, 0.5) is 5.82 Å². The molecule has 6 heteroatoms. The first kappa shape index (κ1) is 15.1. The highest BCUT2D eigenvalue weighted by Gasteiger charge is 2.23. The number of allylic oxidation sites excluding steroid dienone is 2. The molecule has 1 aliphatic carbocycles. The molecule has 0 saturated carbocycles. The smallest absolute Gasteiger partial charge is 0.252 e. The molecule has 2 heterocycles. The first-order chi connectivity index (χ1) is 10.7. The molecule has 1 unspecified atom stereocenters. The monoisotopic (exact) mass is 315 g/mol. The van der Waals surface area contributed by atoms with Crippen molar-refractivity contribution in [3.8, 4) is 5.95 Å². The molecule has 0 fully saturated rings. The Hall–Kier alpha value is -1.82. The Morgan fingerprint density at radius 1 is 1.36 bits per heavy atom. The van der Waals surface area contributed by atoms with Crippen LogP contribution >= 0.6 is 11.8 Å². The summed E-state index contributed by atoms with van der Waals surface area (Å²) in [5, 5.41) is 5.55. The van der Waals surface area contributed by atoms with Crippen LogP contribution in [0.3, 0.4) is 0 Å². The normalized spacial score (nSPS) is 18.3. The van der Waals surface area contributed by atoms with Crippen molar-refractivity contribution in [2.24, 2.45) is 5.92 Å². The number of nitrogens with two attached hydrogens (primary N) is 1. The molecule has 2 aromatic heterocycles. The van der Waals surface area contributed by atoms with Crippen LogP contribution in [0.25, 0.3) is 11.5 Å². The number of anilines is 1. The molecule has 116 valence electrons. The van der Waals surface area contributed by atoms with Crippen molar-refractivity contribution in [1.29, 1.82) is 0 Å². The first-order valence-electron chi connectivity index (χ1n) is 7.63. The van der Waals surface area contributed by atoms with Crippen LogP contribution in [0.5, 0.6) is 0 Å². The predicted octanol–water partition coefficient (Wildman–Crippen LogP) is 3.56. The van der Waals surface area contributed by atoms with Gasteiger partial charge in [0.1, 0.15) is 10.8 Å². The Balaban J connectivity index is 2.02. The molecule has 1 aliphatic rings. The van der Waals surface area contributed by atoms with Crippen molar-refractivity contribution in [2.75, 3.05) is 12.0 Å². The molecule has 1 atom stereocenters. The highest BCUT2D eigenvalue weighted by atomic mass is 32.2. The molecule has 0 aliphatic heterocycles. The van der Waals surface area contributed by atoms with Gasteiger partial charge in [-0.05, 0) is 43.1 Å². The lowest BCUT2D eigenvalue weighted by Gasteiger charge is -2.20. The highest BCUT2D eigenvalue weighted by Crippen LogP contribution is 2.38. The summed E-state index contributed by atoms with van der Waals surface area (Å²) in [6, 6.07) is 1.79. The minimum absolute atomic E-state index is 0.518. The van der Waals surface area contributed by atoms with Crippen LogP contribution in [0, 0.1) is 5.92 Å². The van der Waals surface area contributed by atoms with Gasteiger partial charge in [0.05, 0.1) is 5.56 Å². The number of nitrogens with zero attached hydrogens (tertiary/aromatic N) is 4. The zero-order chi connectivity index (χ0) is 15.5. The number of rotatable bonds is 4. The van der Waals surface area contributed by atoms with Crippen molar-refractivity contribution >= 4 is 23.2 Å². The van der Waals surface area contributed by atoms with Crippen LogP contribution in [0.1, 0.15) is 38.2 Å². The summed E-state index contributed by atoms with van der Waals surface area (Å²) < 4.78 is 1.65. The van der Waals surface area contributed by atoms with Gasteiger partial charge in [-0.1, -0.05) is 19.4 Å². The van der Waals surface area contributed by atoms with Crippen LogP contribution in [0.2, 0.25) is 0 Å². The lowest BCUT2D eigenvalue weighted by atomic mass is 9.86.